The van der Waals surface area contributed by atoms with Crippen molar-refractivity contribution >= 4 is 0 Å². The molecule has 0 aromatic carbocycles. The first kappa shape index (κ1) is 11.0. The van der Waals surface area contributed by atoms with Gasteiger partial charge in [-0.15, -0.1) is 0 Å². The largest absolute Gasteiger partial charge is 0.0961 e. The van der Waals surface area contributed by atoms with Gasteiger partial charge in [0.15, 0.2) is 0 Å². The van der Waals surface area contributed by atoms with Gasteiger partial charge in [0.25, 0.3) is 0 Å². The quantitative estimate of drug-likeness (QED) is 0.423. The van der Waals surface area contributed by atoms with Gasteiger partial charge in [0.2, 0.25) is 0 Å². The first-order valence-electron chi connectivity index (χ1n) is 4.27. The standard InChI is InChI=1S/C12H18/c1-11(2)9-7-5-6-8-10-12(3)4/h7-10H,1,3,5-6H2,2,4H3/b9-7+,10-8+. The molecule has 0 aromatic heterocycles. The maximum absolute atomic E-state index is 3.78. The van der Waals surface area contributed by atoms with Gasteiger partial charge >= 0.3 is 0 Å². The van der Waals surface area contributed by atoms with Crippen LogP contribution in [0.3, 0.4) is 0 Å². The van der Waals surface area contributed by atoms with Gasteiger partial charge in [-0.1, -0.05) is 48.6 Å². The Morgan fingerprint density at radius 1 is 0.917 bits per heavy atom. The highest BCUT2D eigenvalue weighted by Crippen LogP contribution is 1.98. The second kappa shape index (κ2) is 6.66. The molecule has 0 heterocycles. The Kier molecular flexibility index (Phi) is 6.08. The van der Waals surface area contributed by atoms with E-state index in [1.54, 1.807) is 0 Å². The molecule has 0 spiro atoms. The summed E-state index contributed by atoms with van der Waals surface area (Å²) in [6.45, 7) is 11.6. The number of rotatable bonds is 5. The van der Waals surface area contributed by atoms with Crippen LogP contribution in [0.4, 0.5) is 0 Å². The van der Waals surface area contributed by atoms with Crippen molar-refractivity contribution in [3.63, 3.8) is 0 Å². The minimum atomic E-state index is 1.08. The average Bonchev–Trinajstić information content (AvgIpc) is 1.95. The van der Waals surface area contributed by atoms with Crippen LogP contribution in [0.15, 0.2) is 48.6 Å². The normalized spacial score (nSPS) is 11.2. The highest BCUT2D eigenvalue weighted by atomic mass is 13.8. The molecule has 0 radical (unpaired) electrons. The highest BCUT2D eigenvalue weighted by molar-refractivity contribution is 5.13. The molecule has 0 saturated heterocycles. The fourth-order valence-electron chi connectivity index (χ4n) is 0.761. The summed E-state index contributed by atoms with van der Waals surface area (Å²) in [7, 11) is 0. The van der Waals surface area contributed by atoms with Crippen molar-refractivity contribution in [3.05, 3.63) is 48.6 Å². The van der Waals surface area contributed by atoms with Crippen molar-refractivity contribution in [1.29, 1.82) is 0 Å². The molecule has 0 amide bonds. The van der Waals surface area contributed by atoms with E-state index in [1.165, 1.54) is 0 Å². The second-order valence-corrected chi connectivity index (χ2v) is 3.07. The Labute approximate surface area is 76.0 Å². The van der Waals surface area contributed by atoms with Gasteiger partial charge in [0.1, 0.15) is 0 Å². The van der Waals surface area contributed by atoms with Crippen molar-refractivity contribution < 1.29 is 0 Å². The van der Waals surface area contributed by atoms with E-state index in [0.717, 1.165) is 24.0 Å². The van der Waals surface area contributed by atoms with Crippen molar-refractivity contribution in [3.8, 4) is 0 Å². The zero-order valence-electron chi connectivity index (χ0n) is 8.14. The van der Waals surface area contributed by atoms with E-state index >= 15 is 0 Å². The first-order valence-corrected chi connectivity index (χ1v) is 4.27. The lowest BCUT2D eigenvalue weighted by Crippen LogP contribution is -1.67. The summed E-state index contributed by atoms with van der Waals surface area (Å²) in [6.07, 6.45) is 10.5. The van der Waals surface area contributed by atoms with Crippen molar-refractivity contribution in [2.75, 3.05) is 0 Å². The third-order valence-electron chi connectivity index (χ3n) is 1.30. The molecule has 0 aliphatic rings. The zero-order valence-corrected chi connectivity index (χ0v) is 8.14. The van der Waals surface area contributed by atoms with Gasteiger partial charge in [0, 0.05) is 0 Å². The lowest BCUT2D eigenvalue weighted by Gasteiger charge is -1.88. The molecule has 12 heavy (non-hydrogen) atoms. The van der Waals surface area contributed by atoms with Crippen molar-refractivity contribution in [2.45, 2.75) is 26.7 Å². The third-order valence-corrected chi connectivity index (χ3v) is 1.30. The van der Waals surface area contributed by atoms with E-state index in [4.69, 9.17) is 0 Å². The minimum absolute atomic E-state index is 1.08. The minimum Gasteiger partial charge on any atom is -0.0961 e. The summed E-state index contributed by atoms with van der Waals surface area (Å²) < 4.78 is 0. The van der Waals surface area contributed by atoms with Crippen LogP contribution in [0.1, 0.15) is 26.7 Å². The summed E-state index contributed by atoms with van der Waals surface area (Å²) in [4.78, 5) is 0. The molecule has 0 aliphatic heterocycles. The maximum atomic E-state index is 3.78. The average molecular weight is 162 g/mol. The van der Waals surface area contributed by atoms with Gasteiger partial charge in [-0.25, -0.2) is 0 Å². The predicted octanol–water partition coefficient (Wildman–Crippen LogP) is 4.03. The molecule has 0 N–H and O–H groups in total. The van der Waals surface area contributed by atoms with Crippen LogP contribution in [0.25, 0.3) is 0 Å². The van der Waals surface area contributed by atoms with Crippen LogP contribution < -0.4 is 0 Å². The number of hydrogen-bond acceptors (Lipinski definition) is 0. The van der Waals surface area contributed by atoms with Gasteiger partial charge in [-0.05, 0) is 26.7 Å². The summed E-state index contributed by atoms with van der Waals surface area (Å²) in [6, 6.07) is 0. The lowest BCUT2D eigenvalue weighted by atomic mass is 10.2. The Morgan fingerprint density at radius 3 is 1.50 bits per heavy atom. The van der Waals surface area contributed by atoms with Crippen LogP contribution in [-0.2, 0) is 0 Å². The maximum Gasteiger partial charge on any atom is -0.0313 e. The Balaban J connectivity index is 3.45. The fourth-order valence-corrected chi connectivity index (χ4v) is 0.761. The fraction of sp³-hybridized carbons (Fsp3) is 0.333. The number of allylic oxidation sites excluding steroid dienone is 6. The molecule has 0 atom stereocenters. The Morgan fingerprint density at radius 2 is 1.25 bits per heavy atom. The molecule has 0 rings (SSSR count). The third kappa shape index (κ3) is 8.96. The molecule has 0 fully saturated rings. The summed E-state index contributed by atoms with van der Waals surface area (Å²) in [5.74, 6) is 0. The second-order valence-electron chi connectivity index (χ2n) is 3.07. The zero-order chi connectivity index (χ0) is 9.40. The van der Waals surface area contributed by atoms with Crippen molar-refractivity contribution in [2.24, 2.45) is 0 Å². The van der Waals surface area contributed by atoms with Gasteiger partial charge in [-0.2, -0.15) is 0 Å². The van der Waals surface area contributed by atoms with Gasteiger partial charge in [-0.3, -0.25) is 0 Å². The SMILES string of the molecule is C=C(C)/C=C/CC/C=C/C(=C)C. The number of unbranched alkanes of at least 4 members (excludes halogenated alkanes) is 1. The van der Waals surface area contributed by atoms with E-state index in [0.29, 0.717) is 0 Å². The van der Waals surface area contributed by atoms with Crippen LogP contribution in [0.5, 0.6) is 0 Å². The van der Waals surface area contributed by atoms with E-state index < -0.39 is 0 Å². The molecule has 0 nitrogen and oxygen atoms in total. The summed E-state index contributed by atoms with van der Waals surface area (Å²) in [5, 5.41) is 0. The Bertz CT molecular complexity index is 180. The molecule has 0 bridgehead atoms. The molecular formula is C12H18. The van der Waals surface area contributed by atoms with Gasteiger partial charge in [0.05, 0.1) is 0 Å². The predicted molar refractivity (Wildman–Crippen MR) is 57.1 cm³/mol. The molecule has 0 aromatic rings. The smallest absolute Gasteiger partial charge is 0.0313 e. The molecule has 0 aliphatic carbocycles. The molecule has 0 saturated carbocycles. The van der Waals surface area contributed by atoms with Crippen LogP contribution in [-0.4, -0.2) is 0 Å². The van der Waals surface area contributed by atoms with Crippen LogP contribution >= 0.6 is 0 Å². The van der Waals surface area contributed by atoms with E-state index in [9.17, 15) is 0 Å². The molecular weight excluding hydrogens is 144 g/mol. The lowest BCUT2D eigenvalue weighted by molar-refractivity contribution is 1.05. The van der Waals surface area contributed by atoms with Crippen LogP contribution in [0.2, 0.25) is 0 Å². The number of hydrogen-bond donors (Lipinski definition) is 0. The molecule has 0 unspecified atom stereocenters. The van der Waals surface area contributed by atoms with Crippen LogP contribution in [0, 0.1) is 0 Å². The monoisotopic (exact) mass is 162 g/mol. The van der Waals surface area contributed by atoms with Gasteiger partial charge < -0.3 is 0 Å². The van der Waals surface area contributed by atoms with E-state index in [-0.39, 0.29) is 0 Å². The summed E-state index contributed by atoms with van der Waals surface area (Å²) >= 11 is 0. The molecule has 66 valence electrons. The molecule has 0 heteroatoms. The topological polar surface area (TPSA) is 0 Å². The van der Waals surface area contributed by atoms with E-state index in [2.05, 4.69) is 37.5 Å². The highest BCUT2D eigenvalue weighted by Gasteiger charge is 1.77. The Hall–Kier alpha value is -1.04. The van der Waals surface area contributed by atoms with Crippen molar-refractivity contribution in [1.82, 2.24) is 0 Å². The summed E-state index contributed by atoms with van der Waals surface area (Å²) in [5.41, 5.74) is 2.22. The van der Waals surface area contributed by atoms with E-state index in [1.807, 2.05) is 13.8 Å². The first-order chi connectivity index (χ1) is 5.63.